The molecule has 0 aliphatic carbocycles. The van der Waals surface area contributed by atoms with Crippen LogP contribution in [0.25, 0.3) is 10.9 Å². The number of benzene rings is 1. The molecule has 0 bridgehead atoms. The van der Waals surface area contributed by atoms with Crippen LogP contribution in [0.1, 0.15) is 5.56 Å². The minimum Gasteiger partial charge on any atom is -0.496 e. The molecule has 2 N–H and O–H groups in total. The van der Waals surface area contributed by atoms with Crippen molar-refractivity contribution >= 4 is 10.9 Å². The zero-order valence-corrected chi connectivity index (χ0v) is 9.56. The predicted molar refractivity (Wildman–Crippen MR) is 63.3 cm³/mol. The topological polar surface area (TPSA) is 49.4 Å². The van der Waals surface area contributed by atoms with Crippen molar-refractivity contribution < 1.29 is 9.57 Å². The molecule has 0 aliphatic rings. The number of rotatable bonds is 4. The Morgan fingerprint density at radius 1 is 1.31 bits per heavy atom. The first kappa shape index (κ1) is 11.0. The van der Waals surface area contributed by atoms with Gasteiger partial charge in [0, 0.05) is 36.1 Å². The molecule has 0 radical (unpaired) electrons. The second-order valence-corrected chi connectivity index (χ2v) is 3.73. The molecule has 0 amide bonds. The van der Waals surface area contributed by atoms with Crippen molar-refractivity contribution in [2.75, 3.05) is 13.7 Å². The van der Waals surface area contributed by atoms with E-state index in [0.29, 0.717) is 6.61 Å². The summed E-state index contributed by atoms with van der Waals surface area (Å²) >= 11 is 0. The van der Waals surface area contributed by atoms with Gasteiger partial charge in [-0.05, 0) is 18.2 Å². The largest absolute Gasteiger partial charge is 0.496 e. The van der Waals surface area contributed by atoms with Crippen LogP contribution in [0, 0.1) is 0 Å². The van der Waals surface area contributed by atoms with Gasteiger partial charge in [0.2, 0.25) is 0 Å². The van der Waals surface area contributed by atoms with Gasteiger partial charge in [0.1, 0.15) is 5.75 Å². The standard InChI is InChI=1S/C12H16N2O2/c1-14-7-5-9-10(6-8-16-13)12(15-2)4-3-11(9)14/h3-5,7H,6,8,13H2,1-2H3. The van der Waals surface area contributed by atoms with Crippen molar-refractivity contribution in [3.63, 3.8) is 0 Å². The average molecular weight is 220 g/mol. The zero-order valence-electron chi connectivity index (χ0n) is 9.56. The number of methoxy groups -OCH3 is 1. The summed E-state index contributed by atoms with van der Waals surface area (Å²) < 4.78 is 7.44. The molecule has 86 valence electrons. The number of fused-ring (bicyclic) bond motifs is 1. The van der Waals surface area contributed by atoms with Crippen molar-refractivity contribution in [3.05, 3.63) is 30.0 Å². The first-order valence-electron chi connectivity index (χ1n) is 5.20. The highest BCUT2D eigenvalue weighted by molar-refractivity contribution is 5.86. The number of aromatic nitrogens is 1. The highest BCUT2D eigenvalue weighted by Gasteiger charge is 2.09. The Bertz CT molecular complexity index is 491. The van der Waals surface area contributed by atoms with E-state index in [1.54, 1.807) is 7.11 Å². The smallest absolute Gasteiger partial charge is 0.122 e. The Morgan fingerprint density at radius 3 is 2.81 bits per heavy atom. The highest BCUT2D eigenvalue weighted by Crippen LogP contribution is 2.28. The molecule has 1 aromatic carbocycles. The number of hydrogen-bond acceptors (Lipinski definition) is 3. The van der Waals surface area contributed by atoms with Crippen LogP contribution in [0.5, 0.6) is 5.75 Å². The van der Waals surface area contributed by atoms with Gasteiger partial charge < -0.3 is 14.1 Å². The van der Waals surface area contributed by atoms with Crippen LogP contribution in [0.3, 0.4) is 0 Å². The Kier molecular flexibility index (Phi) is 3.12. The lowest BCUT2D eigenvalue weighted by atomic mass is 10.1. The lowest BCUT2D eigenvalue weighted by Crippen LogP contribution is -2.05. The summed E-state index contributed by atoms with van der Waals surface area (Å²) in [7, 11) is 3.70. The number of hydrogen-bond donors (Lipinski definition) is 1. The molecule has 16 heavy (non-hydrogen) atoms. The molecule has 0 saturated heterocycles. The average Bonchev–Trinajstić information content (AvgIpc) is 2.68. The molecule has 4 heteroatoms. The third-order valence-electron chi connectivity index (χ3n) is 2.83. The van der Waals surface area contributed by atoms with Crippen LogP contribution < -0.4 is 10.6 Å². The maximum Gasteiger partial charge on any atom is 0.122 e. The van der Waals surface area contributed by atoms with Crippen LogP contribution in [0.2, 0.25) is 0 Å². The Hall–Kier alpha value is -1.52. The zero-order chi connectivity index (χ0) is 11.5. The Balaban J connectivity index is 2.54. The molecule has 1 aromatic heterocycles. The van der Waals surface area contributed by atoms with Crippen molar-refractivity contribution in [2.45, 2.75) is 6.42 Å². The fraction of sp³-hybridized carbons (Fsp3) is 0.333. The SMILES string of the molecule is COc1ccc2c(ccn2C)c1CCON. The van der Waals surface area contributed by atoms with Crippen molar-refractivity contribution in [2.24, 2.45) is 12.9 Å². The Labute approximate surface area is 94.5 Å². The van der Waals surface area contributed by atoms with Gasteiger partial charge >= 0.3 is 0 Å². The molecular formula is C12H16N2O2. The summed E-state index contributed by atoms with van der Waals surface area (Å²) in [5.41, 5.74) is 2.33. The summed E-state index contributed by atoms with van der Waals surface area (Å²) in [5.74, 6) is 5.96. The molecule has 0 spiro atoms. The summed E-state index contributed by atoms with van der Waals surface area (Å²) in [5, 5.41) is 1.19. The third kappa shape index (κ3) is 1.77. The summed E-state index contributed by atoms with van der Waals surface area (Å²) in [6.45, 7) is 0.490. The van der Waals surface area contributed by atoms with E-state index in [9.17, 15) is 0 Å². The van der Waals surface area contributed by atoms with E-state index in [4.69, 9.17) is 10.6 Å². The van der Waals surface area contributed by atoms with Crippen LogP contribution in [-0.2, 0) is 18.3 Å². The molecule has 1 heterocycles. The second-order valence-electron chi connectivity index (χ2n) is 3.73. The second kappa shape index (κ2) is 4.55. The molecule has 0 saturated carbocycles. The highest BCUT2D eigenvalue weighted by atomic mass is 16.6. The number of nitrogens with zero attached hydrogens (tertiary/aromatic N) is 1. The van der Waals surface area contributed by atoms with E-state index in [0.717, 1.165) is 17.7 Å². The number of ether oxygens (including phenoxy) is 1. The summed E-state index contributed by atoms with van der Waals surface area (Å²) in [6, 6.07) is 6.12. The lowest BCUT2D eigenvalue weighted by Gasteiger charge is -2.10. The van der Waals surface area contributed by atoms with Gasteiger partial charge in [-0.25, -0.2) is 5.90 Å². The van der Waals surface area contributed by atoms with E-state index in [1.165, 1.54) is 10.9 Å². The normalized spacial score (nSPS) is 10.9. The summed E-state index contributed by atoms with van der Waals surface area (Å²) in [4.78, 5) is 4.64. The van der Waals surface area contributed by atoms with E-state index < -0.39 is 0 Å². The maximum absolute atomic E-state index is 5.35. The Morgan fingerprint density at radius 2 is 2.12 bits per heavy atom. The van der Waals surface area contributed by atoms with Gasteiger partial charge in [-0.2, -0.15) is 0 Å². The molecule has 0 unspecified atom stereocenters. The minimum atomic E-state index is 0.490. The van der Waals surface area contributed by atoms with Gasteiger partial charge in [0.05, 0.1) is 13.7 Å². The van der Waals surface area contributed by atoms with E-state index in [2.05, 4.69) is 21.5 Å². The number of aryl methyl sites for hydroxylation is 1. The molecule has 4 nitrogen and oxygen atoms in total. The molecule has 0 fully saturated rings. The predicted octanol–water partition coefficient (Wildman–Crippen LogP) is 1.62. The van der Waals surface area contributed by atoms with Crippen molar-refractivity contribution in [3.8, 4) is 5.75 Å². The fourth-order valence-corrected chi connectivity index (χ4v) is 2.00. The van der Waals surface area contributed by atoms with E-state index >= 15 is 0 Å². The monoisotopic (exact) mass is 220 g/mol. The first-order chi connectivity index (χ1) is 7.77. The van der Waals surface area contributed by atoms with Gasteiger partial charge in [-0.15, -0.1) is 0 Å². The maximum atomic E-state index is 5.35. The van der Waals surface area contributed by atoms with E-state index in [1.807, 2.05) is 19.3 Å². The van der Waals surface area contributed by atoms with Gasteiger partial charge in [0.15, 0.2) is 0 Å². The molecule has 0 aliphatic heterocycles. The molecule has 2 rings (SSSR count). The summed E-state index contributed by atoms with van der Waals surface area (Å²) in [6.07, 6.45) is 2.79. The van der Waals surface area contributed by atoms with Gasteiger partial charge in [0.25, 0.3) is 0 Å². The first-order valence-corrected chi connectivity index (χ1v) is 5.20. The molecule has 2 aromatic rings. The number of nitrogens with two attached hydrogens (primary N) is 1. The van der Waals surface area contributed by atoms with Crippen molar-refractivity contribution in [1.82, 2.24) is 4.57 Å². The quantitative estimate of drug-likeness (QED) is 0.796. The molecular weight excluding hydrogens is 204 g/mol. The molecule has 0 atom stereocenters. The van der Waals surface area contributed by atoms with Crippen LogP contribution in [-0.4, -0.2) is 18.3 Å². The van der Waals surface area contributed by atoms with Crippen molar-refractivity contribution in [1.29, 1.82) is 0 Å². The van der Waals surface area contributed by atoms with Crippen LogP contribution in [0.4, 0.5) is 0 Å². The van der Waals surface area contributed by atoms with Crippen LogP contribution >= 0.6 is 0 Å². The lowest BCUT2D eigenvalue weighted by molar-refractivity contribution is 0.141. The van der Waals surface area contributed by atoms with E-state index in [-0.39, 0.29) is 0 Å². The van der Waals surface area contributed by atoms with Gasteiger partial charge in [-0.1, -0.05) is 0 Å². The van der Waals surface area contributed by atoms with Crippen LogP contribution in [0.15, 0.2) is 24.4 Å². The van der Waals surface area contributed by atoms with Gasteiger partial charge in [-0.3, -0.25) is 0 Å². The third-order valence-corrected chi connectivity index (χ3v) is 2.83. The fourth-order valence-electron chi connectivity index (χ4n) is 2.00. The minimum absolute atomic E-state index is 0.490.